The maximum absolute atomic E-state index is 12.1. The van der Waals surface area contributed by atoms with Gasteiger partial charge in [0, 0.05) is 61.7 Å². The number of hydrogen-bond donors (Lipinski definition) is 2. The van der Waals surface area contributed by atoms with Crippen LogP contribution in [-0.4, -0.2) is 74.6 Å². The van der Waals surface area contributed by atoms with Gasteiger partial charge in [-0.3, -0.25) is 14.6 Å². The fourth-order valence-electron chi connectivity index (χ4n) is 5.11. The topological polar surface area (TPSA) is 135 Å². The van der Waals surface area contributed by atoms with Crippen molar-refractivity contribution in [2.75, 3.05) is 32.7 Å². The van der Waals surface area contributed by atoms with Gasteiger partial charge in [-0.05, 0) is 44.5 Å². The van der Waals surface area contributed by atoms with E-state index in [1.807, 2.05) is 24.3 Å². The normalized spacial score (nSPS) is 16.9. The monoisotopic (exact) mass is 552 g/mol. The van der Waals surface area contributed by atoms with Crippen LogP contribution < -0.4 is 5.73 Å². The highest BCUT2D eigenvalue weighted by Gasteiger charge is 2.36. The first kappa shape index (κ1) is 27.3. The van der Waals surface area contributed by atoms with Gasteiger partial charge >= 0.3 is 0 Å². The summed E-state index contributed by atoms with van der Waals surface area (Å²) in [6, 6.07) is 9.28. The average Bonchev–Trinajstić information content (AvgIpc) is 3.57. The van der Waals surface area contributed by atoms with Crippen molar-refractivity contribution in [1.82, 2.24) is 24.8 Å². The second-order valence-corrected chi connectivity index (χ2v) is 11.0. The lowest BCUT2D eigenvalue weighted by Gasteiger charge is -2.42. The molecule has 1 amide bonds. The summed E-state index contributed by atoms with van der Waals surface area (Å²) in [5.74, 6) is 0.950. The van der Waals surface area contributed by atoms with E-state index in [9.17, 15) is 9.90 Å². The molecule has 1 aromatic carbocycles. The van der Waals surface area contributed by atoms with Crippen LogP contribution in [0.2, 0.25) is 5.02 Å². The van der Waals surface area contributed by atoms with Crippen molar-refractivity contribution < 1.29 is 18.7 Å². The summed E-state index contributed by atoms with van der Waals surface area (Å²) in [7, 11) is 0. The molecule has 1 saturated heterocycles. The Kier molecular flexibility index (Phi) is 7.99. The van der Waals surface area contributed by atoms with Crippen LogP contribution in [-0.2, 0) is 16.8 Å². The molecule has 206 valence electrons. The molecule has 0 spiro atoms. The number of oxazole rings is 1. The molecule has 1 aliphatic rings. The van der Waals surface area contributed by atoms with Crippen molar-refractivity contribution in [3.63, 3.8) is 0 Å². The van der Waals surface area contributed by atoms with Crippen LogP contribution in [0.4, 0.5) is 0 Å². The summed E-state index contributed by atoms with van der Waals surface area (Å²) >= 11 is 6.01. The summed E-state index contributed by atoms with van der Waals surface area (Å²) in [5, 5.41) is 11.5. The smallest absolute Gasteiger partial charge is 0.221 e. The van der Waals surface area contributed by atoms with Gasteiger partial charge in [-0.2, -0.15) is 0 Å². The molecule has 3 N–H and O–H groups in total. The number of aliphatic hydroxyl groups excluding tert-OH is 1. The zero-order chi connectivity index (χ0) is 27.6. The zero-order valence-electron chi connectivity index (χ0n) is 22.1. The minimum Gasteiger partial charge on any atom is -0.458 e. The third kappa shape index (κ3) is 6.30. The summed E-state index contributed by atoms with van der Waals surface area (Å²) < 4.78 is 11.9. The molecule has 0 saturated carbocycles. The number of nitrogens with zero attached hydrogens (tertiary/aromatic N) is 5. The number of nitrogens with two attached hydrogens (primary N) is 1. The van der Waals surface area contributed by atoms with E-state index in [-0.39, 0.29) is 6.42 Å². The molecule has 4 aromatic rings. The number of carbonyl (C=O) groups is 1. The van der Waals surface area contributed by atoms with Gasteiger partial charge in [-0.15, -0.1) is 0 Å². The van der Waals surface area contributed by atoms with E-state index in [0.717, 1.165) is 31.7 Å². The van der Waals surface area contributed by atoms with Crippen molar-refractivity contribution in [2.24, 2.45) is 11.7 Å². The Morgan fingerprint density at radius 3 is 2.56 bits per heavy atom. The predicted molar refractivity (Wildman–Crippen MR) is 147 cm³/mol. The SMILES string of the molecule is CC(C)(c1ncc(-c2ccc(Cl)cc2)o1)N1CCN(C[C@@H](O)C[C@@H](Cc2cc3ncncc3o2)C(N)=O)CC1. The first-order chi connectivity index (χ1) is 18.7. The number of fused-ring (bicyclic) bond motifs is 1. The minimum atomic E-state index is -0.695. The van der Waals surface area contributed by atoms with Crippen molar-refractivity contribution in [1.29, 1.82) is 0 Å². The molecule has 10 nitrogen and oxygen atoms in total. The number of hydrogen-bond acceptors (Lipinski definition) is 9. The van der Waals surface area contributed by atoms with Gasteiger partial charge in [0.05, 0.1) is 24.0 Å². The number of β-amino-alcohol motifs (C(OH)–C–C–N with tert-alkyl or cyclic N) is 1. The first-order valence-corrected chi connectivity index (χ1v) is 13.4. The number of aromatic nitrogens is 3. The number of rotatable bonds is 10. The second kappa shape index (κ2) is 11.4. The van der Waals surface area contributed by atoms with E-state index in [1.54, 1.807) is 18.5 Å². The van der Waals surface area contributed by atoms with Crippen LogP contribution >= 0.6 is 11.6 Å². The number of furan rings is 1. The maximum atomic E-state index is 12.1. The van der Waals surface area contributed by atoms with Crippen LogP contribution in [0.5, 0.6) is 0 Å². The molecule has 0 aliphatic carbocycles. The molecule has 0 radical (unpaired) electrons. The van der Waals surface area contributed by atoms with Crippen molar-refractivity contribution in [3.05, 3.63) is 65.7 Å². The molecular formula is C28H33ClN6O4. The Morgan fingerprint density at radius 1 is 1.13 bits per heavy atom. The van der Waals surface area contributed by atoms with E-state index in [4.69, 9.17) is 26.2 Å². The van der Waals surface area contributed by atoms with Crippen LogP contribution in [0.25, 0.3) is 22.4 Å². The summed E-state index contributed by atoms with van der Waals surface area (Å²) in [6.45, 7) is 7.80. The highest BCUT2D eigenvalue weighted by molar-refractivity contribution is 6.30. The van der Waals surface area contributed by atoms with Crippen molar-refractivity contribution in [2.45, 2.75) is 38.3 Å². The van der Waals surface area contributed by atoms with Gasteiger partial charge in [0.25, 0.3) is 0 Å². The molecule has 2 atom stereocenters. The number of piperazine rings is 1. The fraction of sp³-hybridized carbons (Fsp3) is 0.429. The van der Waals surface area contributed by atoms with Crippen LogP contribution in [0.3, 0.4) is 0 Å². The average molecular weight is 553 g/mol. The van der Waals surface area contributed by atoms with Crippen LogP contribution in [0.15, 0.2) is 57.9 Å². The number of carbonyl (C=O) groups excluding carboxylic acids is 1. The van der Waals surface area contributed by atoms with E-state index >= 15 is 0 Å². The maximum Gasteiger partial charge on any atom is 0.221 e. The van der Waals surface area contributed by atoms with Gasteiger partial charge in [0.15, 0.2) is 11.3 Å². The Bertz CT molecular complexity index is 1380. The summed E-state index contributed by atoms with van der Waals surface area (Å²) in [4.78, 5) is 29.4. The first-order valence-electron chi connectivity index (χ1n) is 13.0. The number of halogens is 1. The molecule has 3 aromatic heterocycles. The predicted octanol–water partition coefficient (Wildman–Crippen LogP) is 3.48. The quantitative estimate of drug-likeness (QED) is 0.303. The number of benzene rings is 1. The summed E-state index contributed by atoms with van der Waals surface area (Å²) in [6.07, 6.45) is 4.65. The largest absolute Gasteiger partial charge is 0.458 e. The molecule has 1 aliphatic heterocycles. The lowest BCUT2D eigenvalue weighted by atomic mass is 9.95. The number of aliphatic hydroxyl groups is 1. The van der Waals surface area contributed by atoms with E-state index < -0.39 is 23.5 Å². The highest BCUT2D eigenvalue weighted by atomic mass is 35.5. The molecule has 5 rings (SSSR count). The molecule has 4 heterocycles. The fourth-order valence-corrected chi connectivity index (χ4v) is 5.24. The number of primary amides is 1. The minimum absolute atomic E-state index is 0.257. The standard InChI is InChI=1S/C28H33ClN6O4/c1-28(2,27-32-15-24(39-27)18-3-5-20(29)6-4-18)35-9-7-34(8-10-35)16-21(36)11-19(26(30)37)12-22-13-23-25(38-22)14-31-17-33-23/h3-6,13-15,17,19,21,36H,7-12,16H2,1-2H3,(H2,30,37)/t19-,21-/m0/s1. The molecule has 11 heteroatoms. The lowest BCUT2D eigenvalue weighted by molar-refractivity contribution is -0.123. The molecule has 0 bridgehead atoms. The molecule has 1 fully saturated rings. The summed E-state index contributed by atoms with van der Waals surface area (Å²) in [5.41, 5.74) is 7.43. The van der Waals surface area contributed by atoms with Gasteiger partial charge in [-0.1, -0.05) is 11.6 Å². The van der Waals surface area contributed by atoms with E-state index in [1.165, 1.54) is 6.33 Å². The molecular weight excluding hydrogens is 520 g/mol. The Morgan fingerprint density at radius 2 is 1.87 bits per heavy atom. The highest BCUT2D eigenvalue weighted by Crippen LogP contribution is 2.32. The Hall–Kier alpha value is -3.31. The van der Waals surface area contributed by atoms with Crippen LogP contribution in [0.1, 0.15) is 31.9 Å². The zero-order valence-corrected chi connectivity index (χ0v) is 22.8. The molecule has 0 unspecified atom stereocenters. The van der Waals surface area contributed by atoms with Crippen molar-refractivity contribution >= 4 is 28.6 Å². The van der Waals surface area contributed by atoms with E-state index in [2.05, 4.69) is 38.6 Å². The van der Waals surface area contributed by atoms with E-state index in [0.29, 0.717) is 46.5 Å². The molecule has 39 heavy (non-hydrogen) atoms. The Balaban J connectivity index is 1.14. The van der Waals surface area contributed by atoms with Crippen LogP contribution in [0, 0.1) is 5.92 Å². The number of amides is 1. The third-order valence-corrected chi connectivity index (χ3v) is 7.69. The lowest BCUT2D eigenvalue weighted by Crippen LogP contribution is -2.54. The third-order valence-electron chi connectivity index (χ3n) is 7.44. The second-order valence-electron chi connectivity index (χ2n) is 10.6. The van der Waals surface area contributed by atoms with Gasteiger partial charge in [-0.25, -0.2) is 15.0 Å². The van der Waals surface area contributed by atoms with Crippen molar-refractivity contribution in [3.8, 4) is 11.3 Å². The van der Waals surface area contributed by atoms with Gasteiger partial charge in [0.2, 0.25) is 11.8 Å². The van der Waals surface area contributed by atoms with Gasteiger partial charge < -0.3 is 19.7 Å². The van der Waals surface area contributed by atoms with Gasteiger partial charge in [0.1, 0.15) is 17.6 Å². The Labute approximate surface area is 231 Å².